The van der Waals surface area contributed by atoms with Gasteiger partial charge in [0, 0.05) is 32.8 Å². The van der Waals surface area contributed by atoms with Gasteiger partial charge in [0.15, 0.2) is 0 Å². The number of aliphatic hydroxyl groups is 1. The highest BCUT2D eigenvalue weighted by molar-refractivity contribution is 5.89. The van der Waals surface area contributed by atoms with Gasteiger partial charge in [0.05, 0.1) is 38.3 Å². The third-order valence-electron chi connectivity index (χ3n) is 11.1. The molecule has 6 unspecified atom stereocenters. The summed E-state index contributed by atoms with van der Waals surface area (Å²) in [4.78, 5) is 62.2. The second-order valence-corrected chi connectivity index (χ2v) is 14.6. The minimum absolute atomic E-state index is 0.0970. The van der Waals surface area contributed by atoms with Crippen molar-refractivity contribution in [3.63, 3.8) is 0 Å². The van der Waals surface area contributed by atoms with E-state index in [1.165, 1.54) is 21.3 Å². The first kappa shape index (κ1) is 41.1. The molecule has 2 fully saturated rings. The third kappa shape index (κ3) is 9.38. The van der Waals surface area contributed by atoms with Crippen LogP contribution in [0.5, 0.6) is 0 Å². The minimum Gasteiger partial charge on any atom is -0.453 e. The van der Waals surface area contributed by atoms with Gasteiger partial charge in [-0.2, -0.15) is 0 Å². The van der Waals surface area contributed by atoms with Crippen molar-refractivity contribution in [2.24, 2.45) is 0 Å². The average Bonchev–Trinajstić information content (AvgIpc) is 4.04. The van der Waals surface area contributed by atoms with E-state index in [9.17, 15) is 24.3 Å². The predicted octanol–water partition coefficient (Wildman–Crippen LogP) is 5.03. The first-order valence-electron chi connectivity index (χ1n) is 19.5. The zero-order valence-electron chi connectivity index (χ0n) is 33.1. The Balaban J connectivity index is 1.08. The quantitative estimate of drug-likeness (QED) is 0.109. The highest BCUT2D eigenvalue weighted by Gasteiger charge is 2.39. The molecule has 304 valence electrons. The molecule has 4 amide bonds. The molecule has 6 atom stereocenters. The molecule has 3 heterocycles. The Kier molecular flexibility index (Phi) is 13.4. The fourth-order valence-corrected chi connectivity index (χ4v) is 7.75. The maximum absolute atomic E-state index is 13.6. The number of nitrogens with zero attached hydrogens (tertiary/aromatic N) is 3. The predicted molar refractivity (Wildman–Crippen MR) is 214 cm³/mol. The molecule has 0 bridgehead atoms. The Morgan fingerprint density at radius 3 is 2.21 bits per heavy atom. The van der Waals surface area contributed by atoms with E-state index in [0.717, 1.165) is 64.4 Å². The zero-order chi connectivity index (χ0) is 40.6. The monoisotopic (exact) mass is 783 g/mol. The number of aromatic amines is 1. The number of methoxy groups -OCH3 is 3. The Morgan fingerprint density at radius 1 is 0.842 bits per heavy atom. The van der Waals surface area contributed by atoms with Gasteiger partial charge >= 0.3 is 12.2 Å². The van der Waals surface area contributed by atoms with E-state index < -0.39 is 36.6 Å². The van der Waals surface area contributed by atoms with E-state index in [1.807, 2.05) is 43.3 Å². The molecule has 5 N–H and O–H groups in total. The van der Waals surface area contributed by atoms with Crippen molar-refractivity contribution in [1.82, 2.24) is 35.7 Å². The molecule has 2 saturated heterocycles. The number of hydrogen-bond donors (Lipinski definition) is 5. The molecule has 1 aromatic heterocycles. The van der Waals surface area contributed by atoms with Gasteiger partial charge in [-0.15, -0.1) is 0 Å². The maximum Gasteiger partial charge on any atom is 0.407 e. The number of likely N-dealkylation sites (tertiary alicyclic amines) is 2. The number of H-pyrrole nitrogens is 1. The standard InChI is InChI=1S/C42H53N7O8/c1-6-33(46-41(53)56-4)39(51)48-19-7-9-32(48)23-44-38(50)31-18-17-29-21-28(15-16-30(29)22-31)26-11-13-27(14-12-26)34-24-43-37(45-34)35-10-8-20-49(35)40(52)36(25(2)55-3)47-42(54)57-5/h11-18,21-22,24-25,32-33,35-36,38,44,50H,6-10,19-20,23H2,1-5H3,(H,43,45)(H,46,53)(H,47,54). The van der Waals surface area contributed by atoms with Gasteiger partial charge in [0.1, 0.15) is 24.1 Å². The van der Waals surface area contributed by atoms with Crippen LogP contribution in [0, 0.1) is 0 Å². The molecule has 0 spiro atoms. The van der Waals surface area contributed by atoms with Crippen LogP contribution in [0.25, 0.3) is 33.2 Å². The fourth-order valence-electron chi connectivity index (χ4n) is 7.75. The van der Waals surface area contributed by atoms with Crippen LogP contribution in [0.3, 0.4) is 0 Å². The summed E-state index contributed by atoms with van der Waals surface area (Å²) in [6.07, 6.45) is 2.62. The second kappa shape index (κ2) is 18.6. The van der Waals surface area contributed by atoms with E-state index in [-0.39, 0.29) is 23.9 Å². The van der Waals surface area contributed by atoms with Crippen LogP contribution in [-0.2, 0) is 23.8 Å². The number of amides is 4. The molecule has 0 saturated carbocycles. The van der Waals surface area contributed by atoms with Crippen molar-refractivity contribution in [1.29, 1.82) is 0 Å². The molecule has 3 aromatic carbocycles. The number of rotatable bonds is 14. The first-order chi connectivity index (χ1) is 27.5. The minimum atomic E-state index is -0.922. The van der Waals surface area contributed by atoms with Crippen LogP contribution in [-0.4, -0.2) is 114 Å². The van der Waals surface area contributed by atoms with Crippen LogP contribution < -0.4 is 16.0 Å². The molecule has 2 aliphatic heterocycles. The molecular formula is C42H53N7O8. The van der Waals surface area contributed by atoms with Gasteiger partial charge in [-0.1, -0.05) is 55.5 Å². The summed E-state index contributed by atoms with van der Waals surface area (Å²) >= 11 is 0. The van der Waals surface area contributed by atoms with Crippen molar-refractivity contribution in [3.05, 3.63) is 78.2 Å². The molecule has 15 nitrogen and oxygen atoms in total. The van der Waals surface area contributed by atoms with Gasteiger partial charge in [0.25, 0.3) is 0 Å². The number of alkyl carbamates (subject to hydrolysis) is 2. The summed E-state index contributed by atoms with van der Waals surface area (Å²) in [5.74, 6) is 0.286. The van der Waals surface area contributed by atoms with E-state index in [1.54, 1.807) is 22.9 Å². The molecule has 0 aliphatic carbocycles. The smallest absolute Gasteiger partial charge is 0.407 e. The third-order valence-corrected chi connectivity index (χ3v) is 11.1. The Bertz CT molecular complexity index is 2040. The lowest BCUT2D eigenvalue weighted by Gasteiger charge is -2.30. The first-order valence-corrected chi connectivity index (χ1v) is 19.5. The summed E-state index contributed by atoms with van der Waals surface area (Å²) in [6.45, 7) is 5.13. The van der Waals surface area contributed by atoms with Crippen LogP contribution in [0.2, 0.25) is 0 Å². The van der Waals surface area contributed by atoms with E-state index in [0.29, 0.717) is 31.9 Å². The second-order valence-electron chi connectivity index (χ2n) is 14.6. The normalized spacial score (nSPS) is 18.8. The lowest BCUT2D eigenvalue weighted by atomic mass is 9.98. The van der Waals surface area contributed by atoms with Crippen molar-refractivity contribution < 1.29 is 38.5 Å². The molecule has 57 heavy (non-hydrogen) atoms. The zero-order valence-corrected chi connectivity index (χ0v) is 33.1. The number of imidazole rings is 1. The number of aromatic nitrogens is 2. The largest absolute Gasteiger partial charge is 0.453 e. The molecule has 15 heteroatoms. The van der Waals surface area contributed by atoms with Crippen molar-refractivity contribution in [2.75, 3.05) is 41.0 Å². The number of carbonyl (C=O) groups excluding carboxylic acids is 4. The lowest BCUT2D eigenvalue weighted by Crippen LogP contribution is -2.54. The summed E-state index contributed by atoms with van der Waals surface area (Å²) < 4.78 is 14.8. The van der Waals surface area contributed by atoms with E-state index >= 15 is 0 Å². The molecule has 4 aromatic rings. The fraction of sp³-hybridized carbons (Fsp3) is 0.452. The highest BCUT2D eigenvalue weighted by Crippen LogP contribution is 2.33. The van der Waals surface area contributed by atoms with Gasteiger partial charge in [-0.25, -0.2) is 14.6 Å². The van der Waals surface area contributed by atoms with Crippen molar-refractivity contribution >= 4 is 34.8 Å². The van der Waals surface area contributed by atoms with Gasteiger partial charge in [-0.05, 0) is 84.2 Å². The number of aliphatic hydroxyl groups excluding tert-OH is 1. The van der Waals surface area contributed by atoms with Crippen molar-refractivity contribution in [2.45, 2.75) is 82.5 Å². The molecule has 0 radical (unpaired) electrons. The molecular weight excluding hydrogens is 731 g/mol. The number of hydrogen-bond acceptors (Lipinski definition) is 10. The lowest BCUT2D eigenvalue weighted by molar-refractivity contribution is -0.137. The van der Waals surface area contributed by atoms with E-state index in [4.69, 9.17) is 9.47 Å². The summed E-state index contributed by atoms with van der Waals surface area (Å²) in [7, 11) is 4.02. The summed E-state index contributed by atoms with van der Waals surface area (Å²) in [6, 6.07) is 18.4. The van der Waals surface area contributed by atoms with E-state index in [2.05, 4.69) is 54.9 Å². The van der Waals surface area contributed by atoms with Crippen LogP contribution in [0.1, 0.15) is 69.6 Å². The topological polar surface area (TPSA) is 187 Å². The summed E-state index contributed by atoms with van der Waals surface area (Å²) in [5.41, 5.74) is 4.59. The molecule has 2 aliphatic rings. The number of fused-ring (bicyclic) bond motifs is 1. The van der Waals surface area contributed by atoms with Crippen LogP contribution >= 0.6 is 0 Å². The summed E-state index contributed by atoms with van der Waals surface area (Å²) in [5, 5.41) is 21.5. The Hall–Kier alpha value is -5.51. The number of benzene rings is 3. The van der Waals surface area contributed by atoms with Crippen LogP contribution in [0.15, 0.2) is 66.9 Å². The van der Waals surface area contributed by atoms with Gasteiger partial charge in [0.2, 0.25) is 11.8 Å². The number of nitrogens with one attached hydrogen (secondary N) is 4. The van der Waals surface area contributed by atoms with Gasteiger partial charge in [-0.3, -0.25) is 14.9 Å². The van der Waals surface area contributed by atoms with Crippen LogP contribution in [0.4, 0.5) is 9.59 Å². The highest BCUT2D eigenvalue weighted by atomic mass is 16.5. The Morgan fingerprint density at radius 2 is 1.49 bits per heavy atom. The van der Waals surface area contributed by atoms with Gasteiger partial charge < -0.3 is 44.7 Å². The Labute approximate surface area is 332 Å². The number of carbonyl (C=O) groups is 4. The average molecular weight is 784 g/mol. The van der Waals surface area contributed by atoms with Crippen molar-refractivity contribution in [3.8, 4) is 22.4 Å². The SMILES string of the molecule is CCC(NC(=O)OC)C(=O)N1CCCC1CNC(O)c1ccc2cc(-c3ccc(-c4cnc(C5CCCN5C(=O)C(NC(=O)OC)C(C)OC)[nH]4)cc3)ccc2c1. The molecule has 6 rings (SSSR count). The number of ether oxygens (including phenoxy) is 3. The maximum atomic E-state index is 13.6.